The molecule has 0 amide bonds. The molecule has 0 atom stereocenters. The highest BCUT2D eigenvalue weighted by Gasteiger charge is 2.15. The third kappa shape index (κ3) is 4.40. The minimum absolute atomic E-state index is 1.03. The summed E-state index contributed by atoms with van der Waals surface area (Å²) in [6.07, 6.45) is 7.12. The number of fused-ring (bicyclic) bond motifs is 2. The molecule has 0 radical (unpaired) electrons. The quantitative estimate of drug-likeness (QED) is 0.850. The first-order valence-electron chi connectivity index (χ1n) is 9.01. The van der Waals surface area contributed by atoms with E-state index in [9.17, 15) is 0 Å². The summed E-state index contributed by atoms with van der Waals surface area (Å²) in [4.78, 5) is 13.2. The van der Waals surface area contributed by atoms with Gasteiger partial charge in [0.15, 0.2) is 0 Å². The van der Waals surface area contributed by atoms with Gasteiger partial charge < -0.3 is 4.90 Å². The zero-order valence-corrected chi connectivity index (χ0v) is 14.9. The van der Waals surface area contributed by atoms with Gasteiger partial charge in [-0.05, 0) is 37.6 Å². The Morgan fingerprint density at radius 2 is 1.83 bits per heavy atom. The summed E-state index contributed by atoms with van der Waals surface area (Å²) in [6.45, 7) is 7.92. The lowest BCUT2D eigenvalue weighted by atomic mass is 10.0. The van der Waals surface area contributed by atoms with Crippen LogP contribution in [0.4, 0.5) is 0 Å². The number of rotatable bonds is 2. The molecule has 0 aliphatic carbocycles. The first-order valence-corrected chi connectivity index (χ1v) is 9.01. The van der Waals surface area contributed by atoms with Crippen LogP contribution in [0.1, 0.15) is 35.7 Å². The standard InChI is InChI=1S/C10H15N3.C10H13N/c1-2-4-13-5-3-10-9(7-13)6-11-8-12-10;1-11-7-6-9-4-2-3-5-10(9)8-11/h6,8H,2-5,7H2,1H3;2-5H,6-8H2,1H3. The Labute approximate surface area is 145 Å². The highest BCUT2D eigenvalue weighted by molar-refractivity contribution is 5.28. The summed E-state index contributed by atoms with van der Waals surface area (Å²) in [5.41, 5.74) is 5.58. The van der Waals surface area contributed by atoms with Gasteiger partial charge in [0.1, 0.15) is 6.33 Å². The van der Waals surface area contributed by atoms with Crippen LogP contribution in [0.2, 0.25) is 0 Å². The molecule has 4 heteroatoms. The molecule has 0 bridgehead atoms. The maximum Gasteiger partial charge on any atom is 0.115 e. The van der Waals surface area contributed by atoms with E-state index in [4.69, 9.17) is 0 Å². The van der Waals surface area contributed by atoms with Gasteiger partial charge in [-0.25, -0.2) is 9.97 Å². The lowest BCUT2D eigenvalue weighted by Crippen LogP contribution is -2.31. The Morgan fingerprint density at radius 1 is 1.00 bits per heavy atom. The minimum atomic E-state index is 1.03. The molecule has 1 aromatic heterocycles. The molecule has 2 aromatic rings. The van der Waals surface area contributed by atoms with Crippen molar-refractivity contribution in [2.75, 3.05) is 26.7 Å². The first kappa shape index (κ1) is 17.1. The third-order valence-electron chi connectivity index (χ3n) is 4.80. The number of hydrogen-bond donors (Lipinski definition) is 0. The van der Waals surface area contributed by atoms with Crippen molar-refractivity contribution < 1.29 is 0 Å². The van der Waals surface area contributed by atoms with Crippen molar-refractivity contribution >= 4 is 0 Å². The Bertz CT molecular complexity index is 656. The average Bonchev–Trinajstić information content (AvgIpc) is 2.62. The maximum absolute atomic E-state index is 4.28. The zero-order valence-electron chi connectivity index (χ0n) is 14.9. The van der Waals surface area contributed by atoms with E-state index in [0.717, 1.165) is 26.1 Å². The van der Waals surface area contributed by atoms with E-state index >= 15 is 0 Å². The fourth-order valence-electron chi connectivity index (χ4n) is 3.47. The normalized spacial score (nSPS) is 17.4. The second kappa shape index (κ2) is 8.36. The van der Waals surface area contributed by atoms with E-state index < -0.39 is 0 Å². The highest BCUT2D eigenvalue weighted by atomic mass is 15.1. The fraction of sp³-hybridized carbons (Fsp3) is 0.500. The number of hydrogen-bond acceptors (Lipinski definition) is 4. The van der Waals surface area contributed by atoms with Crippen molar-refractivity contribution in [2.24, 2.45) is 0 Å². The second-order valence-corrected chi connectivity index (χ2v) is 6.78. The third-order valence-corrected chi connectivity index (χ3v) is 4.80. The van der Waals surface area contributed by atoms with Crippen molar-refractivity contribution in [3.05, 3.63) is 59.2 Å². The van der Waals surface area contributed by atoms with Crippen LogP contribution in [-0.4, -0.2) is 46.4 Å². The van der Waals surface area contributed by atoms with Crippen LogP contribution >= 0.6 is 0 Å². The molecule has 24 heavy (non-hydrogen) atoms. The van der Waals surface area contributed by atoms with E-state index in [1.807, 2.05) is 6.20 Å². The van der Waals surface area contributed by atoms with Gasteiger partial charge in [0, 0.05) is 50.1 Å². The molecule has 4 rings (SSSR count). The van der Waals surface area contributed by atoms with E-state index in [-0.39, 0.29) is 0 Å². The SMILES string of the molecule is CCCN1CCc2ncncc2C1.CN1CCc2ccccc2C1. The van der Waals surface area contributed by atoms with Gasteiger partial charge in [-0.15, -0.1) is 0 Å². The van der Waals surface area contributed by atoms with Crippen LogP contribution in [0.25, 0.3) is 0 Å². The molecule has 0 saturated carbocycles. The summed E-state index contributed by atoms with van der Waals surface area (Å²) in [6, 6.07) is 8.72. The van der Waals surface area contributed by atoms with Crippen molar-refractivity contribution in [3.63, 3.8) is 0 Å². The Balaban J connectivity index is 0.000000143. The number of likely N-dealkylation sites (N-methyl/N-ethyl adjacent to an activating group) is 1. The summed E-state index contributed by atoms with van der Waals surface area (Å²) >= 11 is 0. The zero-order chi connectivity index (χ0) is 16.8. The molecule has 128 valence electrons. The van der Waals surface area contributed by atoms with E-state index in [1.165, 1.54) is 48.3 Å². The van der Waals surface area contributed by atoms with Crippen LogP contribution in [0.3, 0.4) is 0 Å². The molecular formula is C20H28N4. The monoisotopic (exact) mass is 324 g/mol. The molecule has 2 aliphatic rings. The molecular weight excluding hydrogens is 296 g/mol. The summed E-state index contributed by atoms with van der Waals surface area (Å²) in [7, 11) is 2.18. The van der Waals surface area contributed by atoms with Gasteiger partial charge in [-0.2, -0.15) is 0 Å². The van der Waals surface area contributed by atoms with Crippen LogP contribution in [-0.2, 0) is 25.9 Å². The van der Waals surface area contributed by atoms with Crippen molar-refractivity contribution in [3.8, 4) is 0 Å². The number of benzene rings is 1. The summed E-state index contributed by atoms with van der Waals surface area (Å²) in [5.74, 6) is 0. The number of nitrogens with zero attached hydrogens (tertiary/aromatic N) is 4. The van der Waals surface area contributed by atoms with E-state index in [1.54, 1.807) is 6.33 Å². The van der Waals surface area contributed by atoms with Gasteiger partial charge in [0.25, 0.3) is 0 Å². The Kier molecular flexibility index (Phi) is 5.94. The molecule has 3 heterocycles. The number of aromatic nitrogens is 2. The maximum atomic E-state index is 4.28. The Morgan fingerprint density at radius 3 is 2.67 bits per heavy atom. The van der Waals surface area contributed by atoms with Crippen molar-refractivity contribution in [1.29, 1.82) is 0 Å². The van der Waals surface area contributed by atoms with Gasteiger partial charge >= 0.3 is 0 Å². The molecule has 4 nitrogen and oxygen atoms in total. The van der Waals surface area contributed by atoms with Gasteiger partial charge in [-0.1, -0.05) is 31.2 Å². The smallest absolute Gasteiger partial charge is 0.115 e. The highest BCUT2D eigenvalue weighted by Crippen LogP contribution is 2.16. The van der Waals surface area contributed by atoms with Crippen LogP contribution in [0, 0.1) is 0 Å². The molecule has 0 fully saturated rings. The predicted molar refractivity (Wildman–Crippen MR) is 97.8 cm³/mol. The van der Waals surface area contributed by atoms with E-state index in [2.05, 4.69) is 58.0 Å². The molecule has 0 spiro atoms. The largest absolute Gasteiger partial charge is 0.302 e. The second-order valence-electron chi connectivity index (χ2n) is 6.78. The lowest BCUT2D eigenvalue weighted by Gasteiger charge is -2.26. The lowest BCUT2D eigenvalue weighted by molar-refractivity contribution is 0.252. The van der Waals surface area contributed by atoms with Gasteiger partial charge in [-0.3, -0.25) is 4.90 Å². The van der Waals surface area contributed by atoms with Gasteiger partial charge in [0.2, 0.25) is 0 Å². The first-order chi connectivity index (χ1) is 11.8. The van der Waals surface area contributed by atoms with Crippen molar-refractivity contribution in [2.45, 2.75) is 39.3 Å². The average molecular weight is 324 g/mol. The van der Waals surface area contributed by atoms with Gasteiger partial charge in [0.05, 0.1) is 0 Å². The predicted octanol–water partition coefficient (Wildman–Crippen LogP) is 2.92. The Hall–Kier alpha value is -1.78. The van der Waals surface area contributed by atoms with Crippen molar-refractivity contribution in [1.82, 2.24) is 19.8 Å². The van der Waals surface area contributed by atoms with Crippen LogP contribution < -0.4 is 0 Å². The molecule has 0 saturated heterocycles. The minimum Gasteiger partial charge on any atom is -0.302 e. The summed E-state index contributed by atoms with van der Waals surface area (Å²) in [5, 5.41) is 0. The van der Waals surface area contributed by atoms with Crippen LogP contribution in [0.5, 0.6) is 0 Å². The van der Waals surface area contributed by atoms with E-state index in [0.29, 0.717) is 0 Å². The molecule has 1 aromatic carbocycles. The van der Waals surface area contributed by atoms with Crippen LogP contribution in [0.15, 0.2) is 36.8 Å². The topological polar surface area (TPSA) is 32.3 Å². The molecule has 0 unspecified atom stereocenters. The summed E-state index contributed by atoms with van der Waals surface area (Å²) < 4.78 is 0. The molecule has 0 N–H and O–H groups in total. The fourth-order valence-corrected chi connectivity index (χ4v) is 3.47. The molecule has 2 aliphatic heterocycles.